The molecule has 2 heterocycles. The number of carbonyl (C=O) groups excluding carboxylic acids is 2. The summed E-state index contributed by atoms with van der Waals surface area (Å²) in [6.45, 7) is 0.219. The van der Waals surface area contributed by atoms with Crippen molar-refractivity contribution < 1.29 is 31.2 Å². The number of carbonyl (C=O) groups is 2. The van der Waals surface area contributed by atoms with Crippen molar-refractivity contribution in [1.82, 2.24) is 14.1 Å². The van der Waals surface area contributed by atoms with Crippen molar-refractivity contribution in [2.24, 2.45) is 0 Å². The minimum absolute atomic E-state index is 0.0222. The second kappa shape index (κ2) is 6.79. The lowest BCUT2D eigenvalue weighted by Crippen LogP contribution is -2.47. The second-order valence-electron chi connectivity index (χ2n) is 6.52. The Labute approximate surface area is 154 Å². The number of piperidine rings is 1. The average molecular weight is 405 g/mol. The molecule has 2 fully saturated rings. The Morgan fingerprint density at radius 3 is 2.04 bits per heavy atom. The summed E-state index contributed by atoms with van der Waals surface area (Å²) < 4.78 is 64.4. The second-order valence-corrected chi connectivity index (χ2v) is 8.46. The van der Waals surface area contributed by atoms with Crippen LogP contribution in [-0.4, -0.2) is 67.2 Å². The smallest absolute Gasteiger partial charge is 0.312 e. The van der Waals surface area contributed by atoms with E-state index in [9.17, 15) is 31.2 Å². The molecule has 3 amide bonds. The first-order valence-electron chi connectivity index (χ1n) is 8.26. The van der Waals surface area contributed by atoms with Gasteiger partial charge in [0.1, 0.15) is 6.54 Å². The van der Waals surface area contributed by atoms with E-state index < -0.39 is 27.8 Å². The SMILES string of the molecule is CN1C(=O)CN(C2CCN(S(=O)(=O)c3ccc(C(F)(F)F)cc3)CC2)C1=O. The van der Waals surface area contributed by atoms with E-state index in [0.29, 0.717) is 12.8 Å². The molecule has 0 aromatic heterocycles. The molecule has 0 radical (unpaired) electrons. The van der Waals surface area contributed by atoms with Crippen LogP contribution >= 0.6 is 0 Å². The molecular weight excluding hydrogens is 387 g/mol. The van der Waals surface area contributed by atoms with Gasteiger partial charge in [-0.1, -0.05) is 0 Å². The van der Waals surface area contributed by atoms with Gasteiger partial charge in [-0.25, -0.2) is 13.2 Å². The van der Waals surface area contributed by atoms with Crippen molar-refractivity contribution in [2.75, 3.05) is 26.7 Å². The number of alkyl halides is 3. The Bertz CT molecular complexity index is 847. The molecular formula is C16H18F3N3O4S. The number of benzene rings is 1. The lowest BCUT2D eigenvalue weighted by molar-refractivity contribution is -0.137. The van der Waals surface area contributed by atoms with Crippen LogP contribution in [0, 0.1) is 0 Å². The molecule has 3 rings (SSSR count). The quantitative estimate of drug-likeness (QED) is 0.718. The molecule has 0 saturated carbocycles. The molecule has 0 bridgehead atoms. The maximum atomic E-state index is 12.6. The van der Waals surface area contributed by atoms with E-state index in [4.69, 9.17) is 0 Å². The minimum atomic E-state index is -4.53. The van der Waals surface area contributed by atoms with Crippen LogP contribution in [0.3, 0.4) is 0 Å². The molecule has 2 saturated heterocycles. The van der Waals surface area contributed by atoms with Crippen molar-refractivity contribution in [3.8, 4) is 0 Å². The third-order valence-electron chi connectivity index (χ3n) is 4.90. The Morgan fingerprint density at radius 1 is 1.04 bits per heavy atom. The average Bonchev–Trinajstić information content (AvgIpc) is 2.88. The topological polar surface area (TPSA) is 78.0 Å². The summed E-state index contributed by atoms with van der Waals surface area (Å²) >= 11 is 0. The van der Waals surface area contributed by atoms with E-state index in [1.165, 1.54) is 16.3 Å². The Balaban J connectivity index is 1.68. The highest BCUT2D eigenvalue weighted by Crippen LogP contribution is 2.31. The molecule has 11 heteroatoms. The number of nitrogens with zero attached hydrogens (tertiary/aromatic N) is 3. The molecule has 1 aromatic carbocycles. The lowest BCUT2D eigenvalue weighted by atomic mass is 10.1. The van der Waals surface area contributed by atoms with E-state index in [2.05, 4.69) is 0 Å². The zero-order chi connectivity index (χ0) is 20.0. The van der Waals surface area contributed by atoms with Gasteiger partial charge in [-0.2, -0.15) is 17.5 Å². The maximum absolute atomic E-state index is 12.6. The molecule has 0 N–H and O–H groups in total. The van der Waals surface area contributed by atoms with Gasteiger partial charge < -0.3 is 4.90 Å². The van der Waals surface area contributed by atoms with Gasteiger partial charge >= 0.3 is 12.2 Å². The van der Waals surface area contributed by atoms with Crippen LogP contribution in [0.15, 0.2) is 29.2 Å². The third kappa shape index (κ3) is 3.65. The van der Waals surface area contributed by atoms with Gasteiger partial charge in [0.15, 0.2) is 0 Å². The molecule has 27 heavy (non-hydrogen) atoms. The van der Waals surface area contributed by atoms with Crippen molar-refractivity contribution in [3.63, 3.8) is 0 Å². The summed E-state index contributed by atoms with van der Waals surface area (Å²) in [5, 5.41) is 0. The van der Waals surface area contributed by atoms with Crippen molar-refractivity contribution in [2.45, 2.75) is 30.0 Å². The van der Waals surface area contributed by atoms with Gasteiger partial charge in [0.05, 0.1) is 10.5 Å². The summed E-state index contributed by atoms with van der Waals surface area (Å²) in [7, 11) is -2.52. The summed E-state index contributed by atoms with van der Waals surface area (Å²) in [6.07, 6.45) is -3.83. The van der Waals surface area contributed by atoms with Crippen LogP contribution in [0.4, 0.5) is 18.0 Å². The van der Waals surface area contributed by atoms with Crippen LogP contribution in [0.5, 0.6) is 0 Å². The van der Waals surface area contributed by atoms with Crippen LogP contribution in [-0.2, 0) is 21.0 Å². The predicted octanol–water partition coefficient (Wildman–Crippen LogP) is 1.75. The first-order valence-corrected chi connectivity index (χ1v) is 9.70. The molecule has 0 aliphatic carbocycles. The third-order valence-corrected chi connectivity index (χ3v) is 6.81. The van der Waals surface area contributed by atoms with Crippen molar-refractivity contribution in [3.05, 3.63) is 29.8 Å². The fourth-order valence-corrected chi connectivity index (χ4v) is 4.73. The molecule has 148 valence electrons. The number of rotatable bonds is 3. The van der Waals surface area contributed by atoms with Gasteiger partial charge in [0.2, 0.25) is 15.9 Å². The number of sulfonamides is 1. The Kier molecular flexibility index (Phi) is 4.93. The number of hydrogen-bond acceptors (Lipinski definition) is 4. The van der Waals surface area contributed by atoms with Gasteiger partial charge in [0.25, 0.3) is 0 Å². The number of hydrogen-bond donors (Lipinski definition) is 0. The van der Waals surface area contributed by atoms with Crippen LogP contribution in [0.1, 0.15) is 18.4 Å². The normalized spacial score (nSPS) is 20.6. The highest BCUT2D eigenvalue weighted by Gasteiger charge is 2.40. The predicted molar refractivity (Wildman–Crippen MR) is 88.1 cm³/mol. The first kappa shape index (κ1) is 19.6. The largest absolute Gasteiger partial charge is 0.416 e. The standard InChI is InChI=1S/C16H18F3N3O4S/c1-20-14(23)10-22(15(20)24)12-6-8-21(9-7-12)27(25,26)13-4-2-11(3-5-13)16(17,18)19/h2-5,12H,6-10H2,1H3. The van der Waals surface area contributed by atoms with E-state index in [-0.39, 0.29) is 36.5 Å². The summed E-state index contributed by atoms with van der Waals surface area (Å²) in [4.78, 5) is 25.9. The summed E-state index contributed by atoms with van der Waals surface area (Å²) in [6, 6.07) is 2.73. The summed E-state index contributed by atoms with van der Waals surface area (Å²) in [5.74, 6) is -0.306. The molecule has 0 unspecified atom stereocenters. The van der Waals surface area contributed by atoms with Crippen LogP contribution < -0.4 is 0 Å². The zero-order valence-electron chi connectivity index (χ0n) is 14.4. The van der Waals surface area contributed by atoms with E-state index >= 15 is 0 Å². The molecule has 1 aromatic rings. The van der Waals surface area contributed by atoms with E-state index in [1.54, 1.807) is 0 Å². The molecule has 7 nitrogen and oxygen atoms in total. The molecule has 2 aliphatic heterocycles. The van der Waals surface area contributed by atoms with Gasteiger partial charge in [-0.15, -0.1) is 0 Å². The zero-order valence-corrected chi connectivity index (χ0v) is 15.3. The highest BCUT2D eigenvalue weighted by molar-refractivity contribution is 7.89. The lowest BCUT2D eigenvalue weighted by Gasteiger charge is -2.35. The number of urea groups is 1. The monoisotopic (exact) mass is 405 g/mol. The van der Waals surface area contributed by atoms with Crippen molar-refractivity contribution >= 4 is 22.0 Å². The molecule has 2 aliphatic rings. The molecule has 0 spiro atoms. The van der Waals surface area contributed by atoms with Crippen LogP contribution in [0.25, 0.3) is 0 Å². The van der Waals surface area contributed by atoms with Gasteiger partial charge in [0, 0.05) is 26.2 Å². The van der Waals surface area contributed by atoms with Gasteiger partial charge in [-0.05, 0) is 37.1 Å². The number of amides is 3. The van der Waals surface area contributed by atoms with Crippen molar-refractivity contribution in [1.29, 1.82) is 0 Å². The number of imide groups is 1. The Morgan fingerprint density at radius 2 is 1.59 bits per heavy atom. The highest BCUT2D eigenvalue weighted by atomic mass is 32.2. The Hall–Kier alpha value is -2.14. The fraction of sp³-hybridized carbons (Fsp3) is 0.500. The summed E-state index contributed by atoms with van der Waals surface area (Å²) in [5.41, 5.74) is -0.915. The van der Waals surface area contributed by atoms with E-state index in [1.807, 2.05) is 0 Å². The minimum Gasteiger partial charge on any atom is -0.312 e. The number of likely N-dealkylation sites (N-methyl/N-ethyl adjacent to an activating group) is 1. The number of halogens is 3. The first-order chi connectivity index (χ1) is 12.5. The van der Waals surface area contributed by atoms with E-state index in [0.717, 1.165) is 29.2 Å². The fourth-order valence-electron chi connectivity index (χ4n) is 3.26. The van der Waals surface area contributed by atoms with Gasteiger partial charge in [-0.3, -0.25) is 9.69 Å². The van der Waals surface area contributed by atoms with Crippen LogP contribution in [0.2, 0.25) is 0 Å². The molecule has 0 atom stereocenters. The maximum Gasteiger partial charge on any atom is 0.416 e.